The number of pyridine rings is 1. The van der Waals surface area contributed by atoms with E-state index < -0.39 is 0 Å². The quantitative estimate of drug-likeness (QED) is 0.667. The topological polar surface area (TPSA) is 69.0 Å². The van der Waals surface area contributed by atoms with Crippen molar-refractivity contribution in [2.75, 3.05) is 7.11 Å². The van der Waals surface area contributed by atoms with Gasteiger partial charge in [0.15, 0.2) is 5.82 Å². The minimum Gasteiger partial charge on any atom is -0.497 e. The molecule has 2 heterocycles. The van der Waals surface area contributed by atoms with Gasteiger partial charge < -0.3 is 10.1 Å². The van der Waals surface area contributed by atoms with Crippen LogP contribution in [0.15, 0.2) is 42.5 Å². The summed E-state index contributed by atoms with van der Waals surface area (Å²) in [5.41, 5.74) is 2.98. The van der Waals surface area contributed by atoms with Crippen molar-refractivity contribution in [3.63, 3.8) is 0 Å². The van der Waals surface area contributed by atoms with Crippen LogP contribution >= 0.6 is 11.6 Å². The van der Waals surface area contributed by atoms with Crippen molar-refractivity contribution in [2.24, 2.45) is 0 Å². The molecule has 0 radical (unpaired) electrons. The Balaban J connectivity index is 1.86. The van der Waals surface area contributed by atoms with Crippen molar-refractivity contribution in [2.45, 2.75) is 33.2 Å². The molecule has 1 aromatic carbocycles. The number of halogens is 1. The standard InChI is InChI=1S/C21H23ClN4O2/c1-5-18(15-6-8-16(28-4)9-7-15)23-21(27)20-17(22)10-11-19(24-20)26-14(3)12-13(2)25-26/h6-12,18H,5H2,1-4H3,(H,23,27). The number of carbonyl (C=O) groups is 1. The van der Waals surface area contributed by atoms with Gasteiger partial charge in [0.05, 0.1) is 23.9 Å². The molecule has 1 N–H and O–H groups in total. The number of aromatic nitrogens is 3. The van der Waals surface area contributed by atoms with Gasteiger partial charge in [0.1, 0.15) is 11.4 Å². The highest BCUT2D eigenvalue weighted by Gasteiger charge is 2.19. The minimum absolute atomic E-state index is 0.159. The van der Waals surface area contributed by atoms with Crippen LogP contribution in [0.3, 0.4) is 0 Å². The molecular weight excluding hydrogens is 376 g/mol. The van der Waals surface area contributed by atoms with Crippen LogP contribution in [0, 0.1) is 13.8 Å². The number of benzene rings is 1. The van der Waals surface area contributed by atoms with Crippen molar-refractivity contribution < 1.29 is 9.53 Å². The third-order valence-electron chi connectivity index (χ3n) is 4.50. The van der Waals surface area contributed by atoms with Gasteiger partial charge in [-0.05, 0) is 56.2 Å². The van der Waals surface area contributed by atoms with E-state index in [-0.39, 0.29) is 17.6 Å². The van der Waals surface area contributed by atoms with E-state index in [0.29, 0.717) is 10.8 Å². The molecule has 0 spiro atoms. The number of methoxy groups -OCH3 is 1. The van der Waals surface area contributed by atoms with Crippen LogP contribution in [0.2, 0.25) is 5.02 Å². The van der Waals surface area contributed by atoms with Gasteiger partial charge in [-0.25, -0.2) is 9.67 Å². The summed E-state index contributed by atoms with van der Waals surface area (Å²) >= 11 is 6.27. The zero-order valence-corrected chi connectivity index (χ0v) is 17.1. The van der Waals surface area contributed by atoms with Crippen LogP contribution in [0.4, 0.5) is 0 Å². The third-order valence-corrected chi connectivity index (χ3v) is 4.81. The number of ether oxygens (including phenoxy) is 1. The van der Waals surface area contributed by atoms with Gasteiger partial charge in [0.25, 0.3) is 5.91 Å². The molecule has 1 unspecified atom stereocenters. The van der Waals surface area contributed by atoms with Crippen LogP contribution in [0.5, 0.6) is 5.75 Å². The maximum Gasteiger partial charge on any atom is 0.272 e. The summed E-state index contributed by atoms with van der Waals surface area (Å²) in [7, 11) is 1.62. The Kier molecular flexibility index (Phi) is 5.99. The zero-order valence-electron chi connectivity index (χ0n) is 16.4. The first-order valence-electron chi connectivity index (χ1n) is 9.08. The lowest BCUT2D eigenvalue weighted by Gasteiger charge is -2.18. The molecule has 3 rings (SSSR count). The van der Waals surface area contributed by atoms with E-state index in [0.717, 1.165) is 29.1 Å². The highest BCUT2D eigenvalue weighted by atomic mass is 35.5. The summed E-state index contributed by atoms with van der Waals surface area (Å²) < 4.78 is 6.89. The highest BCUT2D eigenvalue weighted by Crippen LogP contribution is 2.22. The van der Waals surface area contributed by atoms with Crippen molar-refractivity contribution in [1.29, 1.82) is 0 Å². The van der Waals surface area contributed by atoms with Crippen LogP contribution < -0.4 is 10.1 Å². The molecular formula is C21H23ClN4O2. The Morgan fingerprint density at radius 1 is 1.21 bits per heavy atom. The maximum atomic E-state index is 12.9. The summed E-state index contributed by atoms with van der Waals surface area (Å²) in [4.78, 5) is 17.4. The van der Waals surface area contributed by atoms with Gasteiger partial charge in [-0.2, -0.15) is 5.10 Å². The lowest BCUT2D eigenvalue weighted by Crippen LogP contribution is -2.29. The normalized spacial score (nSPS) is 11.9. The first kappa shape index (κ1) is 19.9. The molecule has 146 valence electrons. The monoisotopic (exact) mass is 398 g/mol. The van der Waals surface area contributed by atoms with Gasteiger partial charge >= 0.3 is 0 Å². The number of nitrogens with one attached hydrogen (secondary N) is 1. The Bertz CT molecular complexity index is 983. The van der Waals surface area contributed by atoms with E-state index in [1.807, 2.05) is 51.1 Å². The predicted molar refractivity (Wildman–Crippen MR) is 109 cm³/mol. The number of rotatable bonds is 6. The fraction of sp³-hybridized carbons (Fsp3) is 0.286. The van der Waals surface area contributed by atoms with Gasteiger partial charge in [0.2, 0.25) is 0 Å². The second kappa shape index (κ2) is 8.44. The second-order valence-corrected chi connectivity index (χ2v) is 6.95. The number of aryl methyl sites for hydroxylation is 2. The number of carbonyl (C=O) groups excluding carboxylic acids is 1. The molecule has 0 aliphatic rings. The van der Waals surface area contributed by atoms with E-state index in [1.165, 1.54) is 0 Å². The lowest BCUT2D eigenvalue weighted by atomic mass is 10.0. The van der Waals surface area contributed by atoms with Crippen molar-refractivity contribution in [1.82, 2.24) is 20.1 Å². The molecule has 0 aliphatic heterocycles. The molecule has 2 aromatic heterocycles. The molecule has 1 atom stereocenters. The first-order chi connectivity index (χ1) is 13.4. The van der Waals surface area contributed by atoms with Crippen molar-refractivity contribution in [3.8, 4) is 11.6 Å². The van der Waals surface area contributed by atoms with Crippen molar-refractivity contribution in [3.05, 3.63) is 70.1 Å². The maximum absolute atomic E-state index is 12.9. The van der Waals surface area contributed by atoms with Gasteiger partial charge in [-0.15, -0.1) is 0 Å². The van der Waals surface area contributed by atoms with Gasteiger partial charge in [0, 0.05) is 5.69 Å². The first-order valence-corrected chi connectivity index (χ1v) is 9.45. The fourth-order valence-corrected chi connectivity index (χ4v) is 3.24. The van der Waals surface area contributed by atoms with Gasteiger partial charge in [-0.1, -0.05) is 30.7 Å². The molecule has 1 amide bonds. The molecule has 0 saturated carbocycles. The van der Waals surface area contributed by atoms with Crippen LogP contribution in [-0.4, -0.2) is 27.8 Å². The SMILES string of the molecule is CCC(NC(=O)c1nc(-n2nc(C)cc2C)ccc1Cl)c1ccc(OC)cc1. The van der Waals surface area contributed by atoms with Gasteiger partial charge in [-0.3, -0.25) is 4.79 Å². The Morgan fingerprint density at radius 2 is 1.93 bits per heavy atom. The van der Waals surface area contributed by atoms with E-state index >= 15 is 0 Å². The van der Waals surface area contributed by atoms with E-state index in [9.17, 15) is 4.79 Å². The number of nitrogens with zero attached hydrogens (tertiary/aromatic N) is 3. The highest BCUT2D eigenvalue weighted by molar-refractivity contribution is 6.33. The average Bonchev–Trinajstić information content (AvgIpc) is 3.04. The molecule has 28 heavy (non-hydrogen) atoms. The summed E-state index contributed by atoms with van der Waals surface area (Å²) in [5.74, 6) is 1.00. The molecule has 0 aliphatic carbocycles. The number of amides is 1. The number of hydrogen-bond acceptors (Lipinski definition) is 4. The number of hydrogen-bond donors (Lipinski definition) is 1. The van der Waals surface area contributed by atoms with Crippen molar-refractivity contribution >= 4 is 17.5 Å². The zero-order chi connectivity index (χ0) is 20.3. The Hall–Kier alpha value is -2.86. The summed E-state index contributed by atoms with van der Waals surface area (Å²) in [6.45, 7) is 5.86. The average molecular weight is 399 g/mol. The largest absolute Gasteiger partial charge is 0.497 e. The fourth-order valence-electron chi connectivity index (χ4n) is 3.05. The third kappa shape index (κ3) is 4.17. The minimum atomic E-state index is -0.323. The molecule has 0 saturated heterocycles. The molecule has 0 fully saturated rings. The molecule has 6 nitrogen and oxygen atoms in total. The summed E-state index contributed by atoms with van der Waals surface area (Å²) in [6.07, 6.45) is 0.729. The Labute approximate surface area is 169 Å². The summed E-state index contributed by atoms with van der Waals surface area (Å²) in [6, 6.07) is 12.8. The van der Waals surface area contributed by atoms with E-state index in [1.54, 1.807) is 23.9 Å². The lowest BCUT2D eigenvalue weighted by molar-refractivity contribution is 0.0930. The Morgan fingerprint density at radius 3 is 2.50 bits per heavy atom. The van der Waals surface area contributed by atoms with E-state index in [2.05, 4.69) is 15.4 Å². The van der Waals surface area contributed by atoms with E-state index in [4.69, 9.17) is 16.3 Å². The smallest absolute Gasteiger partial charge is 0.272 e. The summed E-state index contributed by atoms with van der Waals surface area (Å²) in [5, 5.41) is 7.74. The second-order valence-electron chi connectivity index (χ2n) is 6.55. The molecule has 3 aromatic rings. The molecule has 7 heteroatoms. The predicted octanol–water partition coefficient (Wildman–Crippen LogP) is 4.43. The van der Waals surface area contributed by atoms with Crippen LogP contribution in [-0.2, 0) is 0 Å². The molecule has 0 bridgehead atoms. The van der Waals surface area contributed by atoms with Crippen LogP contribution in [0.1, 0.15) is 46.8 Å². The van der Waals surface area contributed by atoms with Crippen LogP contribution in [0.25, 0.3) is 5.82 Å².